The lowest BCUT2D eigenvalue weighted by Gasteiger charge is -2.24. The molecule has 1 aromatic carbocycles. The number of benzene rings is 1. The van der Waals surface area contributed by atoms with Gasteiger partial charge in [0.1, 0.15) is 5.25 Å². The number of carbonyl (C=O) groups excluding carboxylic acids is 1. The Balaban J connectivity index is 2.18. The van der Waals surface area contributed by atoms with Gasteiger partial charge in [0.25, 0.3) is 0 Å². The maximum Gasteiger partial charge on any atom is 0.237 e. The van der Waals surface area contributed by atoms with Gasteiger partial charge in [0.05, 0.1) is 6.04 Å². The van der Waals surface area contributed by atoms with Gasteiger partial charge in [0.15, 0.2) is 0 Å². The summed E-state index contributed by atoms with van der Waals surface area (Å²) in [6.45, 7) is 2.05. The maximum absolute atomic E-state index is 11.8. The molecule has 0 aromatic heterocycles. The quantitative estimate of drug-likeness (QED) is 0.798. The molecular formula is C12H14ClNO3S. The molecule has 0 N–H and O–H groups in total. The molecule has 1 amide bonds. The first kappa shape index (κ1) is 13.4. The molecule has 0 bridgehead atoms. The molecule has 4 nitrogen and oxygen atoms in total. The van der Waals surface area contributed by atoms with Crippen molar-refractivity contribution in [2.24, 2.45) is 0 Å². The van der Waals surface area contributed by atoms with Crippen LogP contribution in [0, 0.1) is 0 Å². The molecule has 2 atom stereocenters. The van der Waals surface area contributed by atoms with Gasteiger partial charge in [-0.15, -0.1) is 0 Å². The van der Waals surface area contributed by atoms with Gasteiger partial charge < -0.3 is 4.90 Å². The van der Waals surface area contributed by atoms with E-state index < -0.39 is 14.3 Å². The Morgan fingerprint density at radius 2 is 1.94 bits per heavy atom. The fraction of sp³-hybridized carbons (Fsp3) is 0.417. The first-order chi connectivity index (χ1) is 8.39. The van der Waals surface area contributed by atoms with Gasteiger partial charge in [-0.1, -0.05) is 30.3 Å². The van der Waals surface area contributed by atoms with E-state index >= 15 is 0 Å². The molecule has 0 aliphatic carbocycles. The molecule has 1 aliphatic heterocycles. The number of hydrogen-bond acceptors (Lipinski definition) is 3. The van der Waals surface area contributed by atoms with Gasteiger partial charge in [-0.25, -0.2) is 8.42 Å². The topological polar surface area (TPSA) is 54.5 Å². The molecule has 2 rings (SSSR count). The lowest BCUT2D eigenvalue weighted by Crippen LogP contribution is -2.30. The molecule has 1 aromatic rings. The van der Waals surface area contributed by atoms with Crippen molar-refractivity contribution in [1.82, 2.24) is 4.90 Å². The normalized spacial score (nSPS) is 22.2. The minimum Gasteiger partial charge on any atom is -0.335 e. The van der Waals surface area contributed by atoms with Crippen LogP contribution >= 0.6 is 10.7 Å². The molecule has 98 valence electrons. The van der Waals surface area contributed by atoms with Gasteiger partial charge in [-0.3, -0.25) is 4.79 Å². The van der Waals surface area contributed by atoms with E-state index in [1.165, 1.54) is 0 Å². The minimum atomic E-state index is -3.67. The monoisotopic (exact) mass is 287 g/mol. The van der Waals surface area contributed by atoms with E-state index in [4.69, 9.17) is 10.7 Å². The molecule has 0 spiro atoms. The molecule has 0 saturated carbocycles. The summed E-state index contributed by atoms with van der Waals surface area (Å²) in [6.07, 6.45) is -0.0248. The summed E-state index contributed by atoms with van der Waals surface area (Å²) in [6, 6.07) is 9.38. The summed E-state index contributed by atoms with van der Waals surface area (Å²) >= 11 is 0. The Labute approximate surface area is 111 Å². The highest BCUT2D eigenvalue weighted by Crippen LogP contribution is 2.29. The van der Waals surface area contributed by atoms with Crippen molar-refractivity contribution in [2.45, 2.75) is 24.6 Å². The van der Waals surface area contributed by atoms with Crippen molar-refractivity contribution < 1.29 is 13.2 Å². The molecule has 6 heteroatoms. The maximum atomic E-state index is 11.8. The highest BCUT2D eigenvalue weighted by atomic mass is 35.7. The Kier molecular flexibility index (Phi) is 3.64. The van der Waals surface area contributed by atoms with Crippen LogP contribution in [0.2, 0.25) is 0 Å². The third-order valence-electron chi connectivity index (χ3n) is 3.27. The van der Waals surface area contributed by atoms with Crippen molar-refractivity contribution in [3.63, 3.8) is 0 Å². The molecule has 18 heavy (non-hydrogen) atoms. The zero-order chi connectivity index (χ0) is 13.3. The van der Waals surface area contributed by atoms with Crippen LogP contribution in [0.15, 0.2) is 30.3 Å². The Hall–Kier alpha value is -1.07. The highest BCUT2D eigenvalue weighted by molar-refractivity contribution is 8.14. The number of amides is 1. The zero-order valence-electron chi connectivity index (χ0n) is 9.91. The molecule has 1 unspecified atom stereocenters. The molecule has 1 heterocycles. The summed E-state index contributed by atoms with van der Waals surface area (Å²) in [5.41, 5.74) is 0.985. The number of halogens is 1. The summed E-state index contributed by atoms with van der Waals surface area (Å²) in [7, 11) is 1.64. The summed E-state index contributed by atoms with van der Waals surface area (Å²) in [4.78, 5) is 13.4. The predicted octanol–water partition coefficient (Wildman–Crippen LogP) is 1.92. The van der Waals surface area contributed by atoms with Crippen LogP contribution < -0.4 is 0 Å². The number of nitrogens with zero attached hydrogens (tertiary/aromatic N) is 1. The van der Waals surface area contributed by atoms with Crippen LogP contribution in [0.1, 0.15) is 24.9 Å². The van der Waals surface area contributed by atoms with E-state index in [-0.39, 0.29) is 24.9 Å². The Morgan fingerprint density at radius 3 is 2.44 bits per heavy atom. The van der Waals surface area contributed by atoms with Gasteiger partial charge >= 0.3 is 0 Å². The van der Waals surface area contributed by atoms with Crippen molar-refractivity contribution >= 4 is 25.6 Å². The SMILES string of the molecule is C[C@@H](c1ccccc1)N1CC(S(=O)(=O)Cl)CC1=O. The molecule has 0 radical (unpaired) electrons. The van der Waals surface area contributed by atoms with Gasteiger partial charge in [-0.05, 0) is 12.5 Å². The van der Waals surface area contributed by atoms with Crippen LogP contribution in [0.5, 0.6) is 0 Å². The van der Waals surface area contributed by atoms with Crippen LogP contribution in [0.25, 0.3) is 0 Å². The van der Waals surface area contributed by atoms with E-state index in [0.717, 1.165) is 5.56 Å². The fourth-order valence-corrected chi connectivity index (χ4v) is 3.21. The number of carbonyl (C=O) groups is 1. The number of rotatable bonds is 3. The molecule has 1 aliphatic rings. The van der Waals surface area contributed by atoms with Crippen molar-refractivity contribution in [2.75, 3.05) is 6.54 Å². The predicted molar refractivity (Wildman–Crippen MR) is 69.7 cm³/mol. The van der Waals surface area contributed by atoms with Crippen LogP contribution in [-0.4, -0.2) is 31.0 Å². The van der Waals surface area contributed by atoms with Crippen molar-refractivity contribution in [3.8, 4) is 0 Å². The molecular weight excluding hydrogens is 274 g/mol. The highest BCUT2D eigenvalue weighted by Gasteiger charge is 2.39. The van der Waals surface area contributed by atoms with Crippen molar-refractivity contribution in [3.05, 3.63) is 35.9 Å². The number of likely N-dealkylation sites (tertiary alicyclic amines) is 1. The number of hydrogen-bond donors (Lipinski definition) is 0. The largest absolute Gasteiger partial charge is 0.335 e. The van der Waals surface area contributed by atoms with E-state index in [2.05, 4.69) is 0 Å². The third kappa shape index (κ3) is 2.67. The molecule has 1 saturated heterocycles. The van der Waals surface area contributed by atoms with Crippen molar-refractivity contribution in [1.29, 1.82) is 0 Å². The summed E-state index contributed by atoms with van der Waals surface area (Å²) in [5.74, 6) is -0.166. The third-order valence-corrected chi connectivity index (χ3v) is 5.14. The Bertz CT molecular complexity index is 544. The van der Waals surface area contributed by atoms with Gasteiger partial charge in [0.2, 0.25) is 15.0 Å². The van der Waals surface area contributed by atoms with E-state index in [9.17, 15) is 13.2 Å². The van der Waals surface area contributed by atoms with Crippen LogP contribution in [0.4, 0.5) is 0 Å². The first-order valence-corrected chi connectivity index (χ1v) is 8.04. The van der Waals surface area contributed by atoms with Crippen LogP contribution in [0.3, 0.4) is 0 Å². The first-order valence-electron chi connectivity index (χ1n) is 5.67. The summed E-state index contributed by atoms with van der Waals surface area (Å²) < 4.78 is 22.5. The lowest BCUT2D eigenvalue weighted by molar-refractivity contribution is -0.129. The van der Waals surface area contributed by atoms with Gasteiger partial charge in [-0.2, -0.15) is 0 Å². The molecule has 1 fully saturated rings. The van der Waals surface area contributed by atoms with Gasteiger partial charge in [0, 0.05) is 23.6 Å². The standard InChI is InChI=1S/C12H14ClNO3S/c1-9(10-5-3-2-4-6-10)14-8-11(7-12(14)15)18(13,16)17/h2-6,9,11H,7-8H2,1H3/t9-,11?/m0/s1. The average Bonchev–Trinajstić information content (AvgIpc) is 2.71. The Morgan fingerprint density at radius 1 is 1.33 bits per heavy atom. The second-order valence-electron chi connectivity index (χ2n) is 4.43. The second-order valence-corrected chi connectivity index (χ2v) is 7.34. The summed E-state index contributed by atoms with van der Waals surface area (Å²) in [5, 5.41) is -0.794. The lowest BCUT2D eigenvalue weighted by atomic mass is 10.1. The fourth-order valence-electron chi connectivity index (χ4n) is 2.17. The second kappa shape index (κ2) is 4.90. The van der Waals surface area contributed by atoms with Crippen LogP contribution in [-0.2, 0) is 13.8 Å². The average molecular weight is 288 g/mol. The minimum absolute atomic E-state index is 0.0248. The smallest absolute Gasteiger partial charge is 0.237 e. The van der Waals surface area contributed by atoms with E-state index in [1.54, 1.807) is 4.90 Å². The van der Waals surface area contributed by atoms with E-state index in [0.29, 0.717) is 0 Å². The zero-order valence-corrected chi connectivity index (χ0v) is 11.5. The van der Waals surface area contributed by atoms with E-state index in [1.807, 2.05) is 37.3 Å².